The summed E-state index contributed by atoms with van der Waals surface area (Å²) >= 11 is 0. The number of halogens is 1. The molecule has 122 valence electrons. The van der Waals surface area contributed by atoms with E-state index in [2.05, 4.69) is 23.1 Å². The zero-order chi connectivity index (χ0) is 14.7. The number of hydrogen-bond donors (Lipinski definition) is 1. The van der Waals surface area contributed by atoms with Crippen molar-refractivity contribution in [3.63, 3.8) is 0 Å². The van der Waals surface area contributed by atoms with Crippen LogP contribution in [0.3, 0.4) is 0 Å². The fourth-order valence-electron chi connectivity index (χ4n) is 3.64. The van der Waals surface area contributed by atoms with Gasteiger partial charge in [-0.1, -0.05) is 24.6 Å². The van der Waals surface area contributed by atoms with E-state index in [1.54, 1.807) is 0 Å². The normalized spacial score (nSPS) is 21.3. The van der Waals surface area contributed by atoms with Gasteiger partial charge < -0.3 is 10.6 Å². The number of amides is 1. The molecule has 0 saturated carbocycles. The van der Waals surface area contributed by atoms with Gasteiger partial charge >= 0.3 is 0 Å². The van der Waals surface area contributed by atoms with E-state index in [-0.39, 0.29) is 18.3 Å². The Hall–Kier alpha value is -1.10. The minimum absolute atomic E-state index is 0. The van der Waals surface area contributed by atoms with E-state index >= 15 is 0 Å². The number of nitrogens with zero attached hydrogens (tertiary/aromatic N) is 2. The number of carbonyl (C=O) groups is 1. The molecule has 2 heterocycles. The summed E-state index contributed by atoms with van der Waals surface area (Å²) in [4.78, 5) is 17.0. The van der Waals surface area contributed by atoms with Crippen molar-refractivity contribution >= 4 is 24.0 Å². The Labute approximate surface area is 139 Å². The van der Waals surface area contributed by atoms with E-state index in [4.69, 9.17) is 5.73 Å². The Kier molecular flexibility index (Phi) is 6.24. The predicted molar refractivity (Wildman–Crippen MR) is 92.6 cm³/mol. The van der Waals surface area contributed by atoms with Gasteiger partial charge in [-0.2, -0.15) is 0 Å². The third-order valence-corrected chi connectivity index (χ3v) is 4.78. The van der Waals surface area contributed by atoms with Gasteiger partial charge in [-0.3, -0.25) is 9.69 Å². The maximum atomic E-state index is 12.7. The van der Waals surface area contributed by atoms with Crippen LogP contribution in [0.1, 0.15) is 31.2 Å². The van der Waals surface area contributed by atoms with Crippen LogP contribution in [0.4, 0.5) is 5.69 Å². The van der Waals surface area contributed by atoms with E-state index < -0.39 is 0 Å². The highest BCUT2D eigenvalue weighted by atomic mass is 35.5. The number of carbonyl (C=O) groups excluding carboxylic acids is 1. The lowest BCUT2D eigenvalue weighted by Gasteiger charge is -2.36. The molecule has 1 saturated heterocycles. The van der Waals surface area contributed by atoms with Crippen LogP contribution in [0.5, 0.6) is 0 Å². The third-order valence-electron chi connectivity index (χ3n) is 4.78. The van der Waals surface area contributed by atoms with Gasteiger partial charge in [-0.05, 0) is 50.4 Å². The number of hydrogen-bond acceptors (Lipinski definition) is 3. The molecule has 0 radical (unpaired) electrons. The topological polar surface area (TPSA) is 49.6 Å². The standard InChI is InChI=1S/C17H25N3O.ClH/c18-10-8-15-6-3-4-11-19(15)13-17(21)20-12-9-14-5-1-2-7-16(14)20;/h1-2,5,7,15H,3-4,6,8-13,18H2;1H. The molecule has 2 N–H and O–H groups in total. The Bertz CT molecular complexity index is 506. The fourth-order valence-corrected chi connectivity index (χ4v) is 3.64. The molecule has 1 atom stereocenters. The first-order valence-corrected chi connectivity index (χ1v) is 8.12. The van der Waals surface area contributed by atoms with E-state index in [1.807, 2.05) is 11.0 Å². The number of rotatable bonds is 4. The van der Waals surface area contributed by atoms with Crippen molar-refractivity contribution in [3.05, 3.63) is 29.8 Å². The number of benzene rings is 1. The molecule has 4 nitrogen and oxygen atoms in total. The van der Waals surface area contributed by atoms with Gasteiger partial charge in [0.05, 0.1) is 6.54 Å². The summed E-state index contributed by atoms with van der Waals surface area (Å²) < 4.78 is 0. The Morgan fingerprint density at radius 1 is 1.23 bits per heavy atom. The Morgan fingerprint density at radius 2 is 2.05 bits per heavy atom. The first-order chi connectivity index (χ1) is 10.3. The lowest BCUT2D eigenvalue weighted by molar-refractivity contribution is -0.120. The van der Waals surface area contributed by atoms with Crippen LogP contribution in [0.2, 0.25) is 0 Å². The highest BCUT2D eigenvalue weighted by Crippen LogP contribution is 2.28. The average Bonchev–Trinajstić information content (AvgIpc) is 2.93. The molecule has 0 spiro atoms. The molecule has 1 fully saturated rings. The van der Waals surface area contributed by atoms with Gasteiger partial charge in [-0.25, -0.2) is 0 Å². The van der Waals surface area contributed by atoms with Gasteiger partial charge in [0.15, 0.2) is 0 Å². The van der Waals surface area contributed by atoms with Crippen LogP contribution in [-0.2, 0) is 11.2 Å². The van der Waals surface area contributed by atoms with Crippen LogP contribution in [0.25, 0.3) is 0 Å². The molecular formula is C17H26ClN3O. The third kappa shape index (κ3) is 3.62. The van der Waals surface area contributed by atoms with Crippen molar-refractivity contribution in [3.8, 4) is 0 Å². The summed E-state index contributed by atoms with van der Waals surface area (Å²) in [6.07, 6.45) is 5.63. The molecule has 1 aromatic carbocycles. The number of anilines is 1. The number of nitrogens with two attached hydrogens (primary N) is 1. The first kappa shape index (κ1) is 17.3. The van der Waals surface area contributed by atoms with E-state index in [0.29, 0.717) is 19.1 Å². The lowest BCUT2D eigenvalue weighted by Crippen LogP contribution is -2.47. The van der Waals surface area contributed by atoms with Crippen molar-refractivity contribution in [2.75, 3.05) is 31.1 Å². The quantitative estimate of drug-likeness (QED) is 0.924. The molecular weight excluding hydrogens is 298 g/mol. The van der Waals surface area contributed by atoms with Crippen molar-refractivity contribution in [2.45, 2.75) is 38.1 Å². The number of para-hydroxylation sites is 1. The van der Waals surface area contributed by atoms with Gasteiger partial charge in [-0.15, -0.1) is 12.4 Å². The SMILES string of the molecule is Cl.NCCC1CCCCN1CC(=O)N1CCc2ccccc21. The maximum absolute atomic E-state index is 12.7. The van der Waals surface area contributed by atoms with Crippen molar-refractivity contribution in [1.29, 1.82) is 0 Å². The van der Waals surface area contributed by atoms with E-state index in [0.717, 1.165) is 31.6 Å². The monoisotopic (exact) mass is 323 g/mol. The summed E-state index contributed by atoms with van der Waals surface area (Å²) in [5.74, 6) is 0.240. The Morgan fingerprint density at radius 3 is 2.86 bits per heavy atom. The molecule has 0 bridgehead atoms. The van der Waals surface area contributed by atoms with Gasteiger partial charge in [0.25, 0.3) is 0 Å². The Balaban J connectivity index is 0.00000176. The highest BCUT2D eigenvalue weighted by molar-refractivity contribution is 5.96. The summed E-state index contributed by atoms with van der Waals surface area (Å²) in [6.45, 7) is 3.11. The number of piperidine rings is 1. The molecule has 2 aliphatic heterocycles. The summed E-state index contributed by atoms with van der Waals surface area (Å²) in [5, 5.41) is 0. The smallest absolute Gasteiger partial charge is 0.241 e. The van der Waals surface area contributed by atoms with Crippen LogP contribution in [0.15, 0.2) is 24.3 Å². The molecule has 0 aliphatic carbocycles. The molecule has 1 amide bonds. The first-order valence-electron chi connectivity index (χ1n) is 8.12. The summed E-state index contributed by atoms with van der Waals surface area (Å²) in [6, 6.07) is 8.75. The van der Waals surface area contributed by atoms with E-state index in [9.17, 15) is 4.79 Å². The van der Waals surface area contributed by atoms with Crippen molar-refractivity contribution in [1.82, 2.24) is 4.90 Å². The molecule has 22 heavy (non-hydrogen) atoms. The van der Waals surface area contributed by atoms with Crippen molar-refractivity contribution in [2.24, 2.45) is 5.73 Å². The summed E-state index contributed by atoms with van der Waals surface area (Å²) in [7, 11) is 0. The largest absolute Gasteiger partial charge is 0.330 e. The fraction of sp³-hybridized carbons (Fsp3) is 0.588. The van der Waals surface area contributed by atoms with E-state index in [1.165, 1.54) is 24.8 Å². The predicted octanol–water partition coefficient (Wildman–Crippen LogP) is 2.20. The van der Waals surface area contributed by atoms with Gasteiger partial charge in [0.1, 0.15) is 0 Å². The summed E-state index contributed by atoms with van der Waals surface area (Å²) in [5.41, 5.74) is 8.12. The van der Waals surface area contributed by atoms with Crippen LogP contribution in [0, 0.1) is 0 Å². The van der Waals surface area contributed by atoms with Crippen LogP contribution in [-0.4, -0.2) is 43.0 Å². The second kappa shape index (κ2) is 7.95. The minimum atomic E-state index is 0. The maximum Gasteiger partial charge on any atom is 0.241 e. The number of fused-ring (bicyclic) bond motifs is 1. The molecule has 2 aliphatic rings. The zero-order valence-electron chi connectivity index (χ0n) is 13.0. The van der Waals surface area contributed by atoms with Gasteiger partial charge in [0, 0.05) is 18.3 Å². The minimum Gasteiger partial charge on any atom is -0.330 e. The molecule has 3 rings (SSSR count). The van der Waals surface area contributed by atoms with Crippen LogP contribution < -0.4 is 10.6 Å². The van der Waals surface area contributed by atoms with Gasteiger partial charge in [0.2, 0.25) is 5.91 Å². The zero-order valence-corrected chi connectivity index (χ0v) is 13.9. The number of likely N-dealkylation sites (tertiary alicyclic amines) is 1. The highest BCUT2D eigenvalue weighted by Gasteiger charge is 2.28. The second-order valence-corrected chi connectivity index (χ2v) is 6.12. The van der Waals surface area contributed by atoms with Crippen LogP contribution >= 0.6 is 12.4 Å². The lowest BCUT2D eigenvalue weighted by atomic mass is 9.99. The van der Waals surface area contributed by atoms with Crippen molar-refractivity contribution < 1.29 is 4.79 Å². The second-order valence-electron chi connectivity index (χ2n) is 6.12. The molecule has 1 aromatic rings. The average molecular weight is 324 g/mol. The molecule has 5 heteroatoms. The molecule has 0 aromatic heterocycles. The molecule has 1 unspecified atom stereocenters.